The van der Waals surface area contributed by atoms with Crippen LogP contribution in [0.25, 0.3) is 0 Å². The second kappa shape index (κ2) is 10.5. The van der Waals surface area contributed by atoms with E-state index in [-0.39, 0.29) is 23.9 Å². The highest BCUT2D eigenvalue weighted by Crippen LogP contribution is 2.24. The molecule has 32 heavy (non-hydrogen) atoms. The van der Waals surface area contributed by atoms with Gasteiger partial charge >= 0.3 is 6.03 Å². The number of nitriles is 1. The third kappa shape index (κ3) is 5.77. The summed E-state index contributed by atoms with van der Waals surface area (Å²) >= 11 is 0. The Hall–Kier alpha value is -3.11. The number of halogens is 1. The van der Waals surface area contributed by atoms with Gasteiger partial charge in [-0.15, -0.1) is 0 Å². The monoisotopic (exact) mass is 435 g/mol. The number of hydrogen-bond donors (Lipinski definition) is 3. The molecule has 2 amide bonds. The van der Waals surface area contributed by atoms with Crippen LogP contribution in [0.15, 0.2) is 48.5 Å². The van der Waals surface area contributed by atoms with Crippen molar-refractivity contribution >= 4 is 17.4 Å². The summed E-state index contributed by atoms with van der Waals surface area (Å²) in [5.41, 5.74) is 2.40. The third-order valence-electron chi connectivity index (χ3n) is 6.42. The van der Waals surface area contributed by atoms with Crippen molar-refractivity contribution in [3.05, 3.63) is 59.9 Å². The highest BCUT2D eigenvalue weighted by atomic mass is 19.1. The zero-order valence-corrected chi connectivity index (χ0v) is 18.2. The molecule has 0 radical (unpaired) electrons. The lowest BCUT2D eigenvalue weighted by Gasteiger charge is -2.40. The van der Waals surface area contributed by atoms with Crippen molar-refractivity contribution in [2.24, 2.45) is 0 Å². The van der Waals surface area contributed by atoms with E-state index >= 15 is 0 Å². The first-order valence-electron chi connectivity index (χ1n) is 11.4. The predicted octanol–water partition coefficient (Wildman–Crippen LogP) is 4.39. The van der Waals surface area contributed by atoms with Crippen LogP contribution in [0, 0.1) is 17.1 Å². The lowest BCUT2D eigenvalue weighted by molar-refractivity contribution is 0.226. The molecule has 1 heterocycles. The van der Waals surface area contributed by atoms with Gasteiger partial charge < -0.3 is 20.9 Å². The smallest absolute Gasteiger partial charge is 0.319 e. The number of carbonyl (C=O) groups excluding carboxylic acids is 1. The summed E-state index contributed by atoms with van der Waals surface area (Å²) in [6.07, 6.45) is 6.45. The highest BCUT2D eigenvalue weighted by Gasteiger charge is 2.30. The fourth-order valence-corrected chi connectivity index (χ4v) is 4.77. The van der Waals surface area contributed by atoms with Gasteiger partial charge in [0, 0.05) is 42.6 Å². The number of carbonyl (C=O) groups is 1. The molecule has 2 fully saturated rings. The van der Waals surface area contributed by atoms with Gasteiger partial charge in [0.25, 0.3) is 0 Å². The Morgan fingerprint density at radius 2 is 1.69 bits per heavy atom. The van der Waals surface area contributed by atoms with Crippen molar-refractivity contribution in [3.8, 4) is 6.07 Å². The molecule has 2 aromatic rings. The van der Waals surface area contributed by atoms with Crippen LogP contribution in [-0.2, 0) is 0 Å². The molecule has 6 nitrogen and oxygen atoms in total. The van der Waals surface area contributed by atoms with Crippen LogP contribution < -0.4 is 20.9 Å². The minimum Gasteiger partial charge on any atom is -0.370 e. The summed E-state index contributed by atoms with van der Waals surface area (Å²) in [5, 5.41) is 18.8. The summed E-state index contributed by atoms with van der Waals surface area (Å²) in [6.45, 7) is 1.92. The molecule has 7 heteroatoms. The second-order valence-electron chi connectivity index (χ2n) is 8.71. The van der Waals surface area contributed by atoms with Gasteiger partial charge in [0.2, 0.25) is 0 Å². The SMILES string of the molecule is N#Cc1ccc(N2CCCC(NC3CCCCC3NC(=O)Nc3ccc(F)cc3)C2)cc1. The molecule has 2 aliphatic rings. The van der Waals surface area contributed by atoms with Crippen molar-refractivity contribution in [3.63, 3.8) is 0 Å². The summed E-state index contributed by atoms with van der Waals surface area (Å²) < 4.78 is 13.1. The maximum atomic E-state index is 13.1. The molecule has 1 saturated heterocycles. The first-order chi connectivity index (χ1) is 15.6. The van der Waals surface area contributed by atoms with Crippen LogP contribution in [0.1, 0.15) is 44.1 Å². The highest BCUT2D eigenvalue weighted by molar-refractivity contribution is 5.89. The number of nitrogens with one attached hydrogen (secondary N) is 3. The maximum Gasteiger partial charge on any atom is 0.319 e. The summed E-state index contributed by atoms with van der Waals surface area (Å²) in [4.78, 5) is 14.9. The van der Waals surface area contributed by atoms with Gasteiger partial charge in [-0.2, -0.15) is 5.26 Å². The van der Waals surface area contributed by atoms with Gasteiger partial charge in [-0.1, -0.05) is 12.8 Å². The number of piperidine rings is 1. The van der Waals surface area contributed by atoms with Crippen LogP contribution >= 0.6 is 0 Å². The molecule has 4 rings (SSSR count). The second-order valence-corrected chi connectivity index (χ2v) is 8.71. The Labute approximate surface area is 188 Å². The van der Waals surface area contributed by atoms with Gasteiger partial charge in [0.1, 0.15) is 5.82 Å². The molecule has 3 atom stereocenters. The lowest BCUT2D eigenvalue weighted by atomic mass is 9.89. The zero-order chi connectivity index (χ0) is 22.3. The van der Waals surface area contributed by atoms with Crippen molar-refractivity contribution in [2.45, 2.75) is 56.7 Å². The molecule has 1 aliphatic carbocycles. The fraction of sp³-hybridized carbons (Fsp3) is 0.440. The topological polar surface area (TPSA) is 80.2 Å². The molecule has 1 saturated carbocycles. The first-order valence-corrected chi connectivity index (χ1v) is 11.4. The molecule has 2 aromatic carbocycles. The summed E-state index contributed by atoms with van der Waals surface area (Å²) in [5.74, 6) is -0.324. The van der Waals surface area contributed by atoms with Gasteiger partial charge in [-0.05, 0) is 74.2 Å². The average Bonchev–Trinajstić information content (AvgIpc) is 2.82. The molecule has 3 N–H and O–H groups in total. The Balaban J connectivity index is 1.33. The average molecular weight is 436 g/mol. The molecular weight excluding hydrogens is 405 g/mol. The van der Waals surface area contributed by atoms with Crippen molar-refractivity contribution in [1.82, 2.24) is 10.6 Å². The van der Waals surface area contributed by atoms with Crippen molar-refractivity contribution in [2.75, 3.05) is 23.3 Å². The number of rotatable bonds is 5. The lowest BCUT2D eigenvalue weighted by Crippen LogP contribution is -2.57. The van der Waals surface area contributed by atoms with Crippen LogP contribution in [-0.4, -0.2) is 37.2 Å². The zero-order valence-electron chi connectivity index (χ0n) is 18.2. The van der Waals surface area contributed by atoms with E-state index in [4.69, 9.17) is 5.26 Å². The van der Waals surface area contributed by atoms with E-state index in [0.29, 0.717) is 17.3 Å². The van der Waals surface area contributed by atoms with E-state index in [9.17, 15) is 9.18 Å². The maximum absolute atomic E-state index is 13.1. The number of benzene rings is 2. The van der Waals surface area contributed by atoms with Gasteiger partial charge in [0.05, 0.1) is 11.6 Å². The Bertz CT molecular complexity index is 940. The minimum atomic E-state index is -0.324. The number of amides is 2. The van der Waals surface area contributed by atoms with Crippen LogP contribution in [0.3, 0.4) is 0 Å². The fourth-order valence-electron chi connectivity index (χ4n) is 4.77. The Morgan fingerprint density at radius 1 is 0.969 bits per heavy atom. The van der Waals surface area contributed by atoms with E-state index in [1.54, 1.807) is 12.1 Å². The molecule has 168 valence electrons. The van der Waals surface area contributed by atoms with E-state index in [1.165, 1.54) is 12.1 Å². The minimum absolute atomic E-state index is 0.0643. The number of hydrogen-bond acceptors (Lipinski definition) is 4. The molecule has 0 spiro atoms. The van der Waals surface area contributed by atoms with Crippen LogP contribution in [0.5, 0.6) is 0 Å². The summed E-state index contributed by atoms with van der Waals surface area (Å²) in [6, 6.07) is 16.1. The van der Waals surface area contributed by atoms with Gasteiger partial charge in [-0.25, -0.2) is 9.18 Å². The third-order valence-corrected chi connectivity index (χ3v) is 6.42. The number of urea groups is 1. The molecule has 0 bridgehead atoms. The molecule has 3 unspecified atom stereocenters. The van der Waals surface area contributed by atoms with Crippen molar-refractivity contribution in [1.29, 1.82) is 5.26 Å². The number of anilines is 2. The quantitative estimate of drug-likeness (QED) is 0.651. The molecule has 0 aromatic heterocycles. The predicted molar refractivity (Wildman–Crippen MR) is 124 cm³/mol. The van der Waals surface area contributed by atoms with Crippen LogP contribution in [0.2, 0.25) is 0 Å². The summed E-state index contributed by atoms with van der Waals surface area (Å²) in [7, 11) is 0. The van der Waals surface area contributed by atoms with E-state index in [1.807, 2.05) is 24.3 Å². The Morgan fingerprint density at radius 3 is 2.41 bits per heavy atom. The molecular formula is C25H30FN5O. The van der Waals surface area contributed by atoms with Crippen molar-refractivity contribution < 1.29 is 9.18 Å². The normalized spacial score (nSPS) is 23.2. The first kappa shape index (κ1) is 22.1. The van der Waals surface area contributed by atoms with E-state index in [0.717, 1.165) is 57.3 Å². The Kier molecular flexibility index (Phi) is 7.23. The molecule has 1 aliphatic heterocycles. The van der Waals surface area contributed by atoms with E-state index < -0.39 is 0 Å². The largest absolute Gasteiger partial charge is 0.370 e. The standard InChI is InChI=1S/C25H30FN5O/c26-19-9-11-20(12-10-19)29-25(32)30-24-6-2-1-5-23(24)28-21-4-3-15-31(17-21)22-13-7-18(16-27)8-14-22/h7-14,21,23-24,28H,1-6,15,17H2,(H2,29,30,32). The van der Waals surface area contributed by atoms with Gasteiger partial charge in [0.15, 0.2) is 0 Å². The van der Waals surface area contributed by atoms with E-state index in [2.05, 4.69) is 26.9 Å². The number of nitrogens with zero attached hydrogens (tertiary/aromatic N) is 2. The van der Waals surface area contributed by atoms with Crippen LogP contribution in [0.4, 0.5) is 20.6 Å². The van der Waals surface area contributed by atoms with Gasteiger partial charge in [-0.3, -0.25) is 0 Å².